The van der Waals surface area contributed by atoms with Gasteiger partial charge in [-0.25, -0.2) is 0 Å². The lowest BCUT2D eigenvalue weighted by Crippen LogP contribution is -2.45. The first-order valence-electron chi connectivity index (χ1n) is 9.25. The van der Waals surface area contributed by atoms with Gasteiger partial charge in [0.25, 0.3) is 0 Å². The van der Waals surface area contributed by atoms with Gasteiger partial charge in [0.15, 0.2) is 5.78 Å². The van der Waals surface area contributed by atoms with Gasteiger partial charge in [-0.05, 0) is 38.2 Å². The highest BCUT2D eigenvalue weighted by Crippen LogP contribution is 2.43. The van der Waals surface area contributed by atoms with Crippen LogP contribution in [-0.4, -0.2) is 58.3 Å². The predicted molar refractivity (Wildman–Crippen MR) is 104 cm³/mol. The molecule has 4 atom stereocenters. The molecule has 1 aliphatic carbocycles. The second kappa shape index (κ2) is 7.37. The molecule has 0 spiro atoms. The normalized spacial score (nSPS) is 31.1. The molecule has 0 amide bonds. The molecule has 2 heterocycles. The summed E-state index contributed by atoms with van der Waals surface area (Å²) in [6.07, 6.45) is 1.27. The fraction of sp³-hybridized carbons (Fsp3) is 0.381. The molecule has 6 nitrogen and oxygen atoms in total. The zero-order valence-electron chi connectivity index (χ0n) is 15.4. The molecule has 2 aliphatic heterocycles. The van der Waals surface area contributed by atoms with Crippen molar-refractivity contribution in [3.63, 3.8) is 0 Å². The molecule has 7 heteroatoms. The minimum Gasteiger partial charge on any atom is -0.508 e. The number of ketones is 1. The van der Waals surface area contributed by atoms with Crippen LogP contribution < -0.4 is 0 Å². The monoisotopic (exact) mass is 403 g/mol. The van der Waals surface area contributed by atoms with Crippen molar-refractivity contribution < 1.29 is 24.9 Å². The summed E-state index contributed by atoms with van der Waals surface area (Å²) in [6.45, 7) is 1.18. The highest BCUT2D eigenvalue weighted by atomic mass is 35.5. The van der Waals surface area contributed by atoms with E-state index in [1.54, 1.807) is 24.3 Å². The van der Waals surface area contributed by atoms with Crippen molar-refractivity contribution in [1.29, 1.82) is 0 Å². The first-order chi connectivity index (χ1) is 13.4. The summed E-state index contributed by atoms with van der Waals surface area (Å²) in [7, 11) is 1.92. The Hall–Kier alpha value is -2.12. The molecule has 1 aromatic carbocycles. The smallest absolute Gasteiger partial charge is 0.173 e. The van der Waals surface area contributed by atoms with Gasteiger partial charge >= 0.3 is 0 Å². The number of aliphatic hydroxyl groups excluding tert-OH is 3. The standard InChI is InChI=1S/C21H22ClNO5/c1-23-7-6-12(17(27)10-23)19-14(24)8-15(25)20-16(26)9-18(28-21(19)20)11-4-2-3-5-13(11)22/h2-5,8-9,12,15,17,20,24-25,27H,6-7,10H2,1H3/t12?,15?,17-,20-/m1/s1. The molecular formula is C21H22ClNO5. The fourth-order valence-corrected chi connectivity index (χ4v) is 4.40. The van der Waals surface area contributed by atoms with Gasteiger partial charge in [0.2, 0.25) is 0 Å². The molecule has 0 radical (unpaired) electrons. The summed E-state index contributed by atoms with van der Waals surface area (Å²) in [5, 5.41) is 32.0. The number of hydrogen-bond acceptors (Lipinski definition) is 6. The van der Waals surface area contributed by atoms with Crippen molar-refractivity contribution in [2.45, 2.75) is 18.6 Å². The van der Waals surface area contributed by atoms with Gasteiger partial charge in [-0.1, -0.05) is 23.7 Å². The zero-order chi connectivity index (χ0) is 20.0. The number of fused-ring (bicyclic) bond motifs is 1. The maximum atomic E-state index is 12.8. The molecule has 3 N–H and O–H groups in total. The van der Waals surface area contributed by atoms with Crippen molar-refractivity contribution in [2.75, 3.05) is 20.1 Å². The van der Waals surface area contributed by atoms with Gasteiger partial charge in [0.1, 0.15) is 23.2 Å². The lowest BCUT2D eigenvalue weighted by atomic mass is 9.77. The van der Waals surface area contributed by atoms with Gasteiger partial charge in [0.05, 0.1) is 17.2 Å². The summed E-state index contributed by atoms with van der Waals surface area (Å²) in [5.41, 5.74) is 0.942. The number of nitrogens with zero attached hydrogens (tertiary/aromatic N) is 1. The molecule has 0 saturated carbocycles. The summed E-state index contributed by atoms with van der Waals surface area (Å²) in [5.74, 6) is -1.35. The Morgan fingerprint density at radius 1 is 1.25 bits per heavy atom. The average molecular weight is 404 g/mol. The number of rotatable bonds is 2. The average Bonchev–Trinajstić information content (AvgIpc) is 2.63. The zero-order valence-corrected chi connectivity index (χ0v) is 16.1. The van der Waals surface area contributed by atoms with Gasteiger partial charge in [-0.2, -0.15) is 0 Å². The summed E-state index contributed by atoms with van der Waals surface area (Å²) in [6, 6.07) is 6.99. The van der Waals surface area contributed by atoms with Crippen LogP contribution in [0.2, 0.25) is 5.02 Å². The van der Waals surface area contributed by atoms with Crippen molar-refractivity contribution in [1.82, 2.24) is 4.90 Å². The molecular weight excluding hydrogens is 382 g/mol. The van der Waals surface area contributed by atoms with E-state index in [2.05, 4.69) is 0 Å². The number of aliphatic hydroxyl groups is 3. The lowest BCUT2D eigenvalue weighted by Gasteiger charge is -2.39. The highest BCUT2D eigenvalue weighted by molar-refractivity contribution is 6.32. The van der Waals surface area contributed by atoms with Crippen molar-refractivity contribution >= 4 is 23.1 Å². The van der Waals surface area contributed by atoms with E-state index < -0.39 is 24.0 Å². The molecule has 0 aromatic heterocycles. The van der Waals surface area contributed by atoms with Gasteiger partial charge in [0, 0.05) is 29.7 Å². The van der Waals surface area contributed by atoms with Crippen LogP contribution in [0.5, 0.6) is 0 Å². The Kier molecular flexibility index (Phi) is 5.05. The van der Waals surface area contributed by atoms with E-state index in [0.717, 1.165) is 6.54 Å². The molecule has 148 valence electrons. The molecule has 4 rings (SSSR count). The topological polar surface area (TPSA) is 90.2 Å². The molecule has 3 aliphatic rings. The van der Waals surface area contributed by atoms with E-state index in [-0.39, 0.29) is 23.1 Å². The molecule has 1 fully saturated rings. The minimum absolute atomic E-state index is 0.152. The van der Waals surface area contributed by atoms with E-state index in [9.17, 15) is 20.1 Å². The van der Waals surface area contributed by atoms with Crippen LogP contribution in [0.4, 0.5) is 0 Å². The Balaban J connectivity index is 1.81. The first kappa shape index (κ1) is 19.2. The summed E-state index contributed by atoms with van der Waals surface area (Å²) in [4.78, 5) is 14.8. The number of likely N-dealkylation sites (tertiary alicyclic amines) is 1. The van der Waals surface area contributed by atoms with Crippen LogP contribution in [-0.2, 0) is 9.53 Å². The number of ether oxygens (including phenoxy) is 1. The second-order valence-corrected chi connectivity index (χ2v) is 7.92. The van der Waals surface area contributed by atoms with E-state index in [1.807, 2.05) is 11.9 Å². The Morgan fingerprint density at radius 2 is 2.00 bits per heavy atom. The number of carbonyl (C=O) groups is 1. The summed E-state index contributed by atoms with van der Waals surface area (Å²) < 4.78 is 6.06. The third-order valence-corrected chi connectivity index (χ3v) is 5.92. The summed E-state index contributed by atoms with van der Waals surface area (Å²) >= 11 is 6.26. The SMILES string of the molecule is CN1CCC(C2=C3OC(c4ccccc4Cl)=CC(=O)[C@H]3C(O)C=C2O)[C@H](O)C1. The van der Waals surface area contributed by atoms with E-state index in [4.69, 9.17) is 16.3 Å². The molecule has 0 bridgehead atoms. The van der Waals surface area contributed by atoms with Crippen molar-refractivity contribution in [3.05, 3.63) is 64.1 Å². The third kappa shape index (κ3) is 3.26. The minimum atomic E-state index is -1.20. The molecule has 28 heavy (non-hydrogen) atoms. The predicted octanol–water partition coefficient (Wildman–Crippen LogP) is 2.28. The van der Waals surface area contributed by atoms with Crippen molar-refractivity contribution in [2.24, 2.45) is 11.8 Å². The molecule has 1 saturated heterocycles. The number of carbonyl (C=O) groups excluding carboxylic acids is 1. The number of allylic oxidation sites excluding steroid dienone is 2. The largest absolute Gasteiger partial charge is 0.508 e. The Morgan fingerprint density at radius 3 is 2.71 bits per heavy atom. The van der Waals surface area contributed by atoms with Gasteiger partial charge in [-0.3, -0.25) is 4.79 Å². The molecule has 2 unspecified atom stereocenters. The highest BCUT2D eigenvalue weighted by Gasteiger charge is 2.44. The number of β-amino-alcohol motifs (C(OH)–C–C–N with tert-alkyl or cyclic N) is 1. The van der Waals surface area contributed by atoms with Crippen LogP contribution >= 0.6 is 11.6 Å². The van der Waals surface area contributed by atoms with Gasteiger partial charge in [-0.15, -0.1) is 0 Å². The first-order valence-corrected chi connectivity index (χ1v) is 9.62. The number of hydrogen-bond donors (Lipinski definition) is 3. The molecule has 1 aromatic rings. The Labute approximate surface area is 168 Å². The fourth-order valence-electron chi connectivity index (χ4n) is 4.17. The van der Waals surface area contributed by atoms with Crippen LogP contribution in [0.1, 0.15) is 12.0 Å². The van der Waals surface area contributed by atoms with Gasteiger partial charge < -0.3 is 25.0 Å². The van der Waals surface area contributed by atoms with Crippen LogP contribution in [0, 0.1) is 11.8 Å². The maximum absolute atomic E-state index is 12.8. The van der Waals surface area contributed by atoms with E-state index in [0.29, 0.717) is 29.1 Å². The number of halogens is 1. The maximum Gasteiger partial charge on any atom is 0.173 e. The van der Waals surface area contributed by atoms with Crippen LogP contribution in [0.15, 0.2) is 53.5 Å². The van der Waals surface area contributed by atoms with Crippen LogP contribution in [0.25, 0.3) is 5.76 Å². The number of benzene rings is 1. The number of piperidine rings is 1. The van der Waals surface area contributed by atoms with Crippen molar-refractivity contribution in [3.8, 4) is 0 Å². The van der Waals surface area contributed by atoms with Crippen LogP contribution in [0.3, 0.4) is 0 Å². The number of likely N-dealkylation sites (N-methyl/N-ethyl adjacent to an activating group) is 1. The van der Waals surface area contributed by atoms with E-state index >= 15 is 0 Å². The second-order valence-electron chi connectivity index (χ2n) is 7.52. The Bertz CT molecular complexity index is 906. The quantitative estimate of drug-likeness (QED) is 0.702. The lowest BCUT2D eigenvalue weighted by molar-refractivity contribution is -0.121. The van der Waals surface area contributed by atoms with E-state index in [1.165, 1.54) is 12.2 Å². The third-order valence-electron chi connectivity index (χ3n) is 5.59.